The highest BCUT2D eigenvalue weighted by atomic mass is 32.2. The number of benzene rings is 2. The predicted molar refractivity (Wildman–Crippen MR) is 90.6 cm³/mol. The van der Waals surface area contributed by atoms with E-state index in [0.29, 0.717) is 12.3 Å². The van der Waals surface area contributed by atoms with E-state index in [-0.39, 0.29) is 16.7 Å². The van der Waals surface area contributed by atoms with Crippen LogP contribution in [0.4, 0.5) is 0 Å². The number of nitrogens with zero attached hydrogens (tertiary/aromatic N) is 1. The van der Waals surface area contributed by atoms with E-state index in [1.54, 1.807) is 0 Å². The summed E-state index contributed by atoms with van der Waals surface area (Å²) in [5.41, 5.74) is 8.96. The average molecular weight is 325 g/mol. The number of nitrogens with two attached hydrogens (primary N) is 1. The molecule has 0 spiro atoms. The number of nitrogens with one attached hydrogen (secondary N) is 1. The Morgan fingerprint density at radius 1 is 1.22 bits per heavy atom. The van der Waals surface area contributed by atoms with Crippen molar-refractivity contribution >= 4 is 28.8 Å². The van der Waals surface area contributed by atoms with E-state index in [2.05, 4.69) is 10.3 Å². The second kappa shape index (κ2) is 5.72. The smallest absolute Gasteiger partial charge is 0.235 e. The van der Waals surface area contributed by atoms with E-state index >= 15 is 0 Å². The van der Waals surface area contributed by atoms with Crippen LogP contribution in [-0.4, -0.2) is 21.6 Å². The molecule has 23 heavy (non-hydrogen) atoms. The molecular weight excluding hydrogens is 310 g/mol. The first kappa shape index (κ1) is 14.3. The Kier molecular flexibility index (Phi) is 3.55. The van der Waals surface area contributed by atoms with E-state index in [1.807, 2.05) is 48.5 Å². The number of thioether (sulfide) groups is 1. The number of oxazole rings is 1. The molecule has 1 aromatic heterocycles. The fraction of sp³-hybridized carbons (Fsp3) is 0.176. The third-order valence-electron chi connectivity index (χ3n) is 3.78. The lowest BCUT2D eigenvalue weighted by Crippen LogP contribution is -2.33. The molecule has 2 heterocycles. The number of fused-ring (bicyclic) bond motifs is 1. The van der Waals surface area contributed by atoms with Gasteiger partial charge < -0.3 is 15.5 Å². The van der Waals surface area contributed by atoms with Crippen LogP contribution >= 0.6 is 11.8 Å². The number of hydrogen-bond acceptors (Lipinski definition) is 5. The molecule has 116 valence electrons. The minimum atomic E-state index is -0.312. The third-order valence-corrected chi connectivity index (χ3v) is 4.90. The summed E-state index contributed by atoms with van der Waals surface area (Å²) in [6, 6.07) is 15.6. The maximum atomic E-state index is 11.8. The molecule has 1 aliphatic heterocycles. The van der Waals surface area contributed by atoms with Gasteiger partial charge in [-0.05, 0) is 36.2 Å². The number of rotatable bonds is 3. The molecule has 0 saturated carbocycles. The Morgan fingerprint density at radius 2 is 2.04 bits per heavy atom. The van der Waals surface area contributed by atoms with Crippen LogP contribution in [0.15, 0.2) is 52.9 Å². The van der Waals surface area contributed by atoms with Crippen LogP contribution in [0.5, 0.6) is 0 Å². The second-order valence-corrected chi connectivity index (χ2v) is 6.79. The highest BCUT2D eigenvalue weighted by molar-refractivity contribution is 8.01. The predicted octanol–water partition coefficient (Wildman–Crippen LogP) is 2.51. The summed E-state index contributed by atoms with van der Waals surface area (Å²) >= 11 is 1.45. The summed E-state index contributed by atoms with van der Waals surface area (Å²) in [5, 5.41) is 2.57. The van der Waals surface area contributed by atoms with Crippen molar-refractivity contribution < 1.29 is 9.21 Å². The maximum Gasteiger partial charge on any atom is 0.235 e. The summed E-state index contributed by atoms with van der Waals surface area (Å²) in [5.74, 6) is 0.598. The minimum absolute atomic E-state index is 0.00674. The van der Waals surface area contributed by atoms with Crippen LogP contribution in [0.3, 0.4) is 0 Å². The zero-order chi connectivity index (χ0) is 15.8. The fourth-order valence-corrected chi connectivity index (χ4v) is 3.68. The first-order chi connectivity index (χ1) is 11.2. The lowest BCUT2D eigenvalue weighted by atomic mass is 10.1. The second-order valence-electron chi connectivity index (χ2n) is 5.45. The molecule has 1 fully saturated rings. The summed E-state index contributed by atoms with van der Waals surface area (Å²) in [6.45, 7) is 0. The van der Waals surface area contributed by atoms with E-state index in [0.717, 1.165) is 22.2 Å². The molecule has 5 nitrogen and oxygen atoms in total. The van der Waals surface area contributed by atoms with Crippen molar-refractivity contribution in [1.29, 1.82) is 0 Å². The van der Waals surface area contributed by atoms with Gasteiger partial charge in [0.2, 0.25) is 11.8 Å². The van der Waals surface area contributed by atoms with Gasteiger partial charge in [0, 0.05) is 5.56 Å². The van der Waals surface area contributed by atoms with Crippen LogP contribution in [0.2, 0.25) is 0 Å². The minimum Gasteiger partial charge on any atom is -0.436 e. The van der Waals surface area contributed by atoms with Crippen molar-refractivity contribution in [2.45, 2.75) is 17.2 Å². The molecule has 3 N–H and O–H groups in total. The van der Waals surface area contributed by atoms with Gasteiger partial charge in [-0.2, -0.15) is 0 Å². The van der Waals surface area contributed by atoms with Gasteiger partial charge in [0.15, 0.2) is 5.58 Å². The number of carbonyl (C=O) groups is 1. The standard InChI is InChI=1S/C17H15N3O2S/c18-17-20-15(21)14(23-17)9-10-6-7-13-12(8-10)19-16(22-13)11-4-2-1-3-5-11/h1-8,14,17H,9,18H2,(H,20,21). The van der Waals surface area contributed by atoms with E-state index in [9.17, 15) is 4.79 Å². The molecule has 1 aliphatic rings. The Hall–Kier alpha value is -2.31. The Bertz CT molecular complexity index is 863. The molecule has 2 unspecified atom stereocenters. The van der Waals surface area contributed by atoms with Crippen molar-refractivity contribution in [2.75, 3.05) is 0 Å². The molecule has 0 aliphatic carbocycles. The molecule has 3 aromatic rings. The summed E-state index contributed by atoms with van der Waals surface area (Å²) in [4.78, 5) is 16.3. The average Bonchev–Trinajstić information content (AvgIpc) is 3.11. The van der Waals surface area contributed by atoms with E-state index in [1.165, 1.54) is 11.8 Å². The van der Waals surface area contributed by atoms with Crippen molar-refractivity contribution in [3.05, 3.63) is 54.1 Å². The number of carbonyl (C=O) groups excluding carboxylic acids is 1. The highest BCUT2D eigenvalue weighted by Crippen LogP contribution is 2.27. The van der Waals surface area contributed by atoms with Crippen LogP contribution in [0.25, 0.3) is 22.6 Å². The first-order valence-electron chi connectivity index (χ1n) is 7.35. The zero-order valence-electron chi connectivity index (χ0n) is 12.2. The fourth-order valence-electron chi connectivity index (χ4n) is 2.67. The Balaban J connectivity index is 1.62. The van der Waals surface area contributed by atoms with Gasteiger partial charge in [-0.3, -0.25) is 4.79 Å². The lowest BCUT2D eigenvalue weighted by molar-refractivity contribution is -0.120. The number of amides is 1. The van der Waals surface area contributed by atoms with Gasteiger partial charge in [-0.15, -0.1) is 11.8 Å². The van der Waals surface area contributed by atoms with E-state index < -0.39 is 0 Å². The van der Waals surface area contributed by atoms with Crippen molar-refractivity contribution in [3.63, 3.8) is 0 Å². The van der Waals surface area contributed by atoms with E-state index in [4.69, 9.17) is 10.2 Å². The molecule has 6 heteroatoms. The van der Waals surface area contributed by atoms with Crippen LogP contribution in [-0.2, 0) is 11.2 Å². The van der Waals surface area contributed by atoms with Gasteiger partial charge in [0.05, 0.1) is 5.25 Å². The van der Waals surface area contributed by atoms with Crippen LogP contribution in [0.1, 0.15) is 5.56 Å². The van der Waals surface area contributed by atoms with Gasteiger partial charge in [0.1, 0.15) is 11.0 Å². The molecule has 1 amide bonds. The van der Waals surface area contributed by atoms with Gasteiger partial charge in [-0.1, -0.05) is 24.3 Å². The quantitative estimate of drug-likeness (QED) is 0.773. The van der Waals surface area contributed by atoms with Crippen LogP contribution < -0.4 is 11.1 Å². The maximum absolute atomic E-state index is 11.8. The van der Waals surface area contributed by atoms with Crippen molar-refractivity contribution in [3.8, 4) is 11.5 Å². The first-order valence-corrected chi connectivity index (χ1v) is 8.30. The van der Waals surface area contributed by atoms with Gasteiger partial charge in [-0.25, -0.2) is 4.98 Å². The summed E-state index contributed by atoms with van der Waals surface area (Å²) in [6.07, 6.45) is 0.633. The molecule has 1 saturated heterocycles. The topological polar surface area (TPSA) is 81.1 Å². The molecule has 0 radical (unpaired) electrons. The zero-order valence-corrected chi connectivity index (χ0v) is 13.0. The van der Waals surface area contributed by atoms with Crippen molar-refractivity contribution in [1.82, 2.24) is 10.3 Å². The number of aromatic nitrogens is 1. The normalized spacial score (nSPS) is 20.8. The SMILES string of the molecule is NC1NC(=O)C(Cc2ccc3oc(-c4ccccc4)nc3c2)S1. The monoisotopic (exact) mass is 325 g/mol. The Morgan fingerprint density at radius 3 is 2.78 bits per heavy atom. The molecule has 2 aromatic carbocycles. The molecule has 4 rings (SSSR count). The molecular formula is C17H15N3O2S. The molecule has 0 bridgehead atoms. The lowest BCUT2D eigenvalue weighted by Gasteiger charge is -2.05. The largest absolute Gasteiger partial charge is 0.436 e. The number of hydrogen-bond donors (Lipinski definition) is 2. The Labute approximate surface area is 137 Å². The van der Waals surface area contributed by atoms with Gasteiger partial charge >= 0.3 is 0 Å². The highest BCUT2D eigenvalue weighted by Gasteiger charge is 2.30. The summed E-state index contributed by atoms with van der Waals surface area (Å²) < 4.78 is 5.80. The third kappa shape index (κ3) is 2.83. The van der Waals surface area contributed by atoms with Crippen LogP contribution in [0, 0.1) is 0 Å². The molecule has 2 atom stereocenters. The van der Waals surface area contributed by atoms with Crippen molar-refractivity contribution in [2.24, 2.45) is 5.73 Å². The van der Waals surface area contributed by atoms with Gasteiger partial charge in [0.25, 0.3) is 0 Å². The summed E-state index contributed by atoms with van der Waals surface area (Å²) in [7, 11) is 0.